The van der Waals surface area contributed by atoms with Gasteiger partial charge in [-0.25, -0.2) is 8.42 Å². The number of anilines is 2. The molecule has 3 aromatic carbocycles. The van der Waals surface area contributed by atoms with E-state index in [4.69, 9.17) is 4.74 Å². The third kappa shape index (κ3) is 4.86. The fourth-order valence-corrected chi connectivity index (χ4v) is 5.37. The molecule has 7 nitrogen and oxygen atoms in total. The van der Waals surface area contributed by atoms with Crippen LogP contribution in [0.4, 0.5) is 11.4 Å². The van der Waals surface area contributed by atoms with Crippen LogP contribution >= 0.6 is 0 Å². The maximum absolute atomic E-state index is 13.1. The van der Waals surface area contributed by atoms with E-state index < -0.39 is 10.0 Å². The molecule has 0 spiro atoms. The molecule has 1 saturated heterocycles. The Morgan fingerprint density at radius 3 is 2.18 bits per heavy atom. The van der Waals surface area contributed by atoms with Crippen molar-refractivity contribution in [2.75, 3.05) is 43.5 Å². The summed E-state index contributed by atoms with van der Waals surface area (Å²) in [4.78, 5) is 14.9. The Kier molecular flexibility index (Phi) is 6.67. The summed E-state index contributed by atoms with van der Waals surface area (Å²) in [6.07, 6.45) is 0. The molecule has 1 aliphatic heterocycles. The van der Waals surface area contributed by atoms with Crippen LogP contribution in [0, 0.1) is 6.92 Å². The van der Waals surface area contributed by atoms with Gasteiger partial charge in [0.1, 0.15) is 5.75 Å². The molecule has 1 N–H and O–H groups in total. The number of benzene rings is 3. The van der Waals surface area contributed by atoms with Crippen LogP contribution in [0.15, 0.2) is 77.7 Å². The number of carbonyl (C=O) groups excluding carboxylic acids is 1. The highest BCUT2D eigenvalue weighted by Crippen LogP contribution is 2.29. The summed E-state index contributed by atoms with van der Waals surface area (Å²) in [6.45, 7) is 3.78. The monoisotopic (exact) mass is 465 g/mol. The Labute approximate surface area is 194 Å². The first kappa shape index (κ1) is 22.8. The van der Waals surface area contributed by atoms with E-state index in [0.29, 0.717) is 37.4 Å². The summed E-state index contributed by atoms with van der Waals surface area (Å²) in [5, 5.41) is 2.83. The molecular formula is C25H27N3O4S. The predicted molar refractivity (Wildman–Crippen MR) is 130 cm³/mol. The highest BCUT2D eigenvalue weighted by Gasteiger charge is 2.29. The summed E-state index contributed by atoms with van der Waals surface area (Å²) in [6, 6.07) is 21.4. The highest BCUT2D eigenvalue weighted by molar-refractivity contribution is 7.89. The maximum Gasteiger partial charge on any atom is 0.255 e. The van der Waals surface area contributed by atoms with Crippen LogP contribution in [0.2, 0.25) is 0 Å². The van der Waals surface area contributed by atoms with E-state index in [1.807, 2.05) is 49.4 Å². The van der Waals surface area contributed by atoms with Gasteiger partial charge in [-0.1, -0.05) is 30.3 Å². The quantitative estimate of drug-likeness (QED) is 0.600. The number of rotatable bonds is 6. The average Bonchev–Trinajstić information content (AvgIpc) is 2.84. The van der Waals surface area contributed by atoms with Crippen molar-refractivity contribution in [2.24, 2.45) is 0 Å². The van der Waals surface area contributed by atoms with Gasteiger partial charge in [-0.3, -0.25) is 4.79 Å². The Morgan fingerprint density at radius 2 is 1.52 bits per heavy atom. The van der Waals surface area contributed by atoms with Crippen LogP contribution in [-0.2, 0) is 10.0 Å². The number of piperazine rings is 1. The van der Waals surface area contributed by atoms with E-state index in [1.54, 1.807) is 25.3 Å². The van der Waals surface area contributed by atoms with Crippen molar-refractivity contribution in [2.45, 2.75) is 11.8 Å². The summed E-state index contributed by atoms with van der Waals surface area (Å²) < 4.78 is 33.2. The first-order valence-electron chi connectivity index (χ1n) is 10.8. The molecule has 172 valence electrons. The number of hydrogen-bond donors (Lipinski definition) is 1. The van der Waals surface area contributed by atoms with Gasteiger partial charge in [-0.2, -0.15) is 4.31 Å². The number of ether oxygens (including phenoxy) is 1. The number of nitrogens with one attached hydrogen (secondary N) is 1. The molecule has 0 radical (unpaired) electrons. The number of nitrogens with zero attached hydrogens (tertiary/aromatic N) is 2. The minimum Gasteiger partial charge on any atom is -0.495 e. The topological polar surface area (TPSA) is 79.0 Å². The zero-order chi connectivity index (χ0) is 23.4. The van der Waals surface area contributed by atoms with Gasteiger partial charge in [-0.15, -0.1) is 0 Å². The van der Waals surface area contributed by atoms with Crippen LogP contribution in [0.5, 0.6) is 5.75 Å². The molecule has 0 unspecified atom stereocenters. The molecule has 4 rings (SSSR count). The van der Waals surface area contributed by atoms with E-state index in [9.17, 15) is 13.2 Å². The Morgan fingerprint density at radius 1 is 0.879 bits per heavy atom. The number of aryl methyl sites for hydroxylation is 1. The van der Waals surface area contributed by atoms with E-state index in [2.05, 4.69) is 10.2 Å². The molecule has 1 heterocycles. The van der Waals surface area contributed by atoms with Crippen molar-refractivity contribution < 1.29 is 17.9 Å². The largest absolute Gasteiger partial charge is 0.495 e. The Hall–Kier alpha value is -3.36. The molecule has 0 aliphatic carbocycles. The van der Waals surface area contributed by atoms with Gasteiger partial charge in [0.05, 0.1) is 17.7 Å². The van der Waals surface area contributed by atoms with Crippen LogP contribution in [0.25, 0.3) is 0 Å². The summed E-state index contributed by atoms with van der Waals surface area (Å²) in [5.74, 6) is 0.549. The lowest BCUT2D eigenvalue weighted by molar-refractivity contribution is 0.102. The number of carbonyl (C=O) groups is 1. The predicted octanol–water partition coefficient (Wildman–Crippen LogP) is 3.77. The van der Waals surface area contributed by atoms with Gasteiger partial charge in [0.2, 0.25) is 10.0 Å². The lowest BCUT2D eigenvalue weighted by atomic mass is 10.1. The standard InChI is InChI=1S/C25H27N3O4S/c1-19-7-3-4-8-22(19)25(29)26-20-11-13-21(14-12-20)33(30,31)28-17-15-27(16-18-28)23-9-5-6-10-24(23)32-2/h3-14H,15-18H2,1-2H3,(H,26,29). The minimum absolute atomic E-state index is 0.210. The molecule has 0 atom stereocenters. The summed E-state index contributed by atoms with van der Waals surface area (Å²) >= 11 is 0. The van der Waals surface area contributed by atoms with Gasteiger partial charge in [0, 0.05) is 37.4 Å². The van der Waals surface area contributed by atoms with E-state index in [1.165, 1.54) is 16.4 Å². The molecule has 0 aromatic heterocycles. The number of hydrogen-bond acceptors (Lipinski definition) is 5. The minimum atomic E-state index is -3.62. The zero-order valence-electron chi connectivity index (χ0n) is 18.7. The van der Waals surface area contributed by atoms with Crippen LogP contribution in [0.3, 0.4) is 0 Å². The maximum atomic E-state index is 13.1. The number of sulfonamides is 1. The van der Waals surface area contributed by atoms with E-state index >= 15 is 0 Å². The zero-order valence-corrected chi connectivity index (χ0v) is 19.5. The van der Waals surface area contributed by atoms with Gasteiger partial charge >= 0.3 is 0 Å². The smallest absolute Gasteiger partial charge is 0.255 e. The first-order valence-corrected chi connectivity index (χ1v) is 12.2. The second kappa shape index (κ2) is 9.64. The third-order valence-corrected chi connectivity index (χ3v) is 7.72. The Bertz CT molecular complexity index is 1230. The molecule has 3 aromatic rings. The average molecular weight is 466 g/mol. The van der Waals surface area contributed by atoms with Crippen LogP contribution < -0.4 is 15.0 Å². The molecule has 33 heavy (non-hydrogen) atoms. The SMILES string of the molecule is COc1ccccc1N1CCN(S(=O)(=O)c2ccc(NC(=O)c3ccccc3C)cc2)CC1. The van der Waals surface area contributed by atoms with Crippen LogP contribution in [-0.4, -0.2) is 51.9 Å². The lowest BCUT2D eigenvalue weighted by Crippen LogP contribution is -2.48. The van der Waals surface area contributed by atoms with Gasteiger partial charge in [0.25, 0.3) is 5.91 Å². The van der Waals surface area contributed by atoms with Crippen molar-refractivity contribution in [1.29, 1.82) is 0 Å². The van der Waals surface area contributed by atoms with Crippen molar-refractivity contribution in [3.63, 3.8) is 0 Å². The molecule has 8 heteroatoms. The Balaban J connectivity index is 1.42. The van der Waals surface area contributed by atoms with Crippen molar-refractivity contribution in [1.82, 2.24) is 4.31 Å². The second-order valence-corrected chi connectivity index (χ2v) is 9.79. The normalized spacial score (nSPS) is 14.7. The van der Waals surface area contributed by atoms with Crippen molar-refractivity contribution >= 4 is 27.3 Å². The van der Waals surface area contributed by atoms with Crippen molar-refractivity contribution in [3.8, 4) is 5.75 Å². The number of methoxy groups -OCH3 is 1. The van der Waals surface area contributed by atoms with Gasteiger partial charge in [0.15, 0.2) is 0 Å². The lowest BCUT2D eigenvalue weighted by Gasteiger charge is -2.35. The van der Waals surface area contributed by atoms with Gasteiger partial charge in [-0.05, 0) is 55.0 Å². The fraction of sp³-hybridized carbons (Fsp3) is 0.240. The molecule has 0 bridgehead atoms. The second-order valence-electron chi connectivity index (χ2n) is 7.86. The summed E-state index contributed by atoms with van der Waals surface area (Å²) in [5.41, 5.74) is 2.97. The third-order valence-electron chi connectivity index (χ3n) is 5.80. The van der Waals surface area contributed by atoms with Crippen LogP contribution in [0.1, 0.15) is 15.9 Å². The van der Waals surface area contributed by atoms with E-state index in [0.717, 1.165) is 17.0 Å². The highest BCUT2D eigenvalue weighted by atomic mass is 32.2. The fourth-order valence-electron chi connectivity index (χ4n) is 3.95. The number of para-hydroxylation sites is 2. The van der Waals surface area contributed by atoms with E-state index in [-0.39, 0.29) is 10.8 Å². The first-order chi connectivity index (χ1) is 15.9. The molecule has 0 saturated carbocycles. The van der Waals surface area contributed by atoms with Gasteiger partial charge < -0.3 is 15.0 Å². The molecular weight excluding hydrogens is 438 g/mol. The molecule has 1 amide bonds. The molecule has 1 aliphatic rings. The summed E-state index contributed by atoms with van der Waals surface area (Å²) in [7, 11) is -1.99. The number of amides is 1. The molecule has 1 fully saturated rings. The van der Waals surface area contributed by atoms with Crippen molar-refractivity contribution in [3.05, 3.63) is 83.9 Å².